The van der Waals surface area contributed by atoms with Gasteiger partial charge in [-0.25, -0.2) is 14.3 Å². The quantitative estimate of drug-likeness (QED) is 0.752. The Labute approximate surface area is 86.2 Å². The van der Waals surface area contributed by atoms with Crippen molar-refractivity contribution in [1.29, 1.82) is 0 Å². The zero-order valence-electron chi connectivity index (χ0n) is 8.05. The van der Waals surface area contributed by atoms with Crippen LogP contribution >= 0.6 is 0 Å². The molecule has 1 amide bonds. The molecule has 1 aromatic rings. The lowest BCUT2D eigenvalue weighted by Gasteiger charge is -2.10. The number of nitrogens with one attached hydrogen (secondary N) is 1. The molecule has 80 valence electrons. The highest BCUT2D eigenvalue weighted by Crippen LogP contribution is 2.06. The number of amides is 1. The zero-order chi connectivity index (χ0) is 10.7. The van der Waals surface area contributed by atoms with Crippen molar-refractivity contribution in [2.24, 2.45) is 0 Å². The fraction of sp³-hybridized carbons (Fsp3) is 0.444. The summed E-state index contributed by atoms with van der Waals surface area (Å²) in [5.41, 5.74) is 0. The van der Waals surface area contributed by atoms with Crippen LogP contribution in [0.2, 0.25) is 0 Å². The molecule has 2 rings (SSSR count). The summed E-state index contributed by atoms with van der Waals surface area (Å²) in [6, 6.07) is -0.0510. The molecule has 1 unspecified atom stereocenters. The van der Waals surface area contributed by atoms with Crippen LogP contribution in [-0.4, -0.2) is 34.2 Å². The van der Waals surface area contributed by atoms with Crippen LogP contribution < -0.4 is 5.32 Å². The summed E-state index contributed by atoms with van der Waals surface area (Å²) in [7, 11) is 0. The normalized spacial score (nSPS) is 20.0. The molecule has 1 fully saturated rings. The number of hydrogen-bond donors (Lipinski definition) is 1. The number of carbonyl (C=O) groups excluding carboxylic acids is 2. The molecule has 6 nitrogen and oxygen atoms in total. The van der Waals surface area contributed by atoms with Crippen molar-refractivity contribution in [1.82, 2.24) is 14.9 Å². The van der Waals surface area contributed by atoms with E-state index in [0.29, 0.717) is 6.42 Å². The average molecular weight is 209 g/mol. The largest absolute Gasteiger partial charge is 0.447 e. The van der Waals surface area contributed by atoms with Crippen molar-refractivity contribution in [2.45, 2.75) is 18.9 Å². The average Bonchev–Trinajstić information content (AvgIpc) is 2.84. The lowest BCUT2D eigenvalue weighted by atomic mass is 10.2. The maximum absolute atomic E-state index is 11.3. The number of imidazole rings is 1. The van der Waals surface area contributed by atoms with Crippen LogP contribution in [0.3, 0.4) is 0 Å². The van der Waals surface area contributed by atoms with Gasteiger partial charge in [-0.05, 0) is 6.42 Å². The van der Waals surface area contributed by atoms with Gasteiger partial charge in [-0.1, -0.05) is 0 Å². The predicted octanol–water partition coefficient (Wildman–Crippen LogP) is 0.146. The monoisotopic (exact) mass is 209 g/mol. The molecule has 1 atom stereocenters. The number of nitrogens with zero attached hydrogens (tertiary/aromatic N) is 2. The van der Waals surface area contributed by atoms with Gasteiger partial charge in [-0.15, -0.1) is 0 Å². The molecular formula is C9H11N3O3. The summed E-state index contributed by atoms with van der Waals surface area (Å²) < 4.78 is 6.23. The molecule has 2 heterocycles. The van der Waals surface area contributed by atoms with E-state index < -0.39 is 6.09 Å². The minimum Gasteiger partial charge on any atom is -0.447 e. The van der Waals surface area contributed by atoms with E-state index in [2.05, 4.69) is 10.3 Å². The fourth-order valence-electron chi connectivity index (χ4n) is 1.42. The molecular weight excluding hydrogens is 198 g/mol. The van der Waals surface area contributed by atoms with Crippen molar-refractivity contribution in [3.8, 4) is 0 Å². The maximum atomic E-state index is 11.3. The van der Waals surface area contributed by atoms with E-state index in [4.69, 9.17) is 4.74 Å². The zero-order valence-corrected chi connectivity index (χ0v) is 8.05. The smallest absolute Gasteiger partial charge is 0.419 e. The van der Waals surface area contributed by atoms with Gasteiger partial charge >= 0.3 is 6.09 Å². The molecule has 15 heavy (non-hydrogen) atoms. The van der Waals surface area contributed by atoms with Crippen molar-refractivity contribution >= 4 is 12.0 Å². The van der Waals surface area contributed by atoms with Gasteiger partial charge in [0.1, 0.15) is 12.9 Å². The fourth-order valence-corrected chi connectivity index (χ4v) is 1.42. The van der Waals surface area contributed by atoms with Crippen LogP contribution in [0.25, 0.3) is 0 Å². The lowest BCUT2D eigenvalue weighted by molar-refractivity contribution is -0.119. The first-order valence-electron chi connectivity index (χ1n) is 4.70. The second kappa shape index (κ2) is 4.12. The molecule has 0 saturated carbocycles. The Balaban J connectivity index is 1.79. The van der Waals surface area contributed by atoms with Crippen LogP contribution in [0.4, 0.5) is 4.79 Å². The van der Waals surface area contributed by atoms with Gasteiger partial charge in [0.2, 0.25) is 5.91 Å². The molecule has 1 aliphatic heterocycles. The number of carbonyl (C=O) groups is 2. The van der Waals surface area contributed by atoms with Crippen LogP contribution in [0.1, 0.15) is 12.8 Å². The number of ether oxygens (including phenoxy) is 1. The highest BCUT2D eigenvalue weighted by atomic mass is 16.5. The summed E-state index contributed by atoms with van der Waals surface area (Å²) in [6.07, 6.45) is 5.13. The maximum Gasteiger partial charge on any atom is 0.419 e. The minimum absolute atomic E-state index is 0.0127. The molecule has 0 radical (unpaired) electrons. The van der Waals surface area contributed by atoms with Gasteiger partial charge in [-0.3, -0.25) is 4.79 Å². The third kappa shape index (κ3) is 2.34. The van der Waals surface area contributed by atoms with Crippen LogP contribution in [0, 0.1) is 0 Å². The Morgan fingerprint density at radius 3 is 3.20 bits per heavy atom. The van der Waals surface area contributed by atoms with Crippen molar-refractivity contribution < 1.29 is 14.3 Å². The molecule has 1 aliphatic rings. The SMILES string of the molecule is O=C1CCC(COC(=O)n2ccnc2)N1. The highest BCUT2D eigenvalue weighted by Gasteiger charge is 2.22. The van der Waals surface area contributed by atoms with Gasteiger partial charge in [0.05, 0.1) is 6.04 Å². The number of hydrogen-bond acceptors (Lipinski definition) is 4. The Kier molecular flexibility index (Phi) is 2.66. The third-order valence-corrected chi connectivity index (χ3v) is 2.21. The second-order valence-electron chi connectivity index (χ2n) is 3.35. The van der Waals surface area contributed by atoms with E-state index >= 15 is 0 Å². The van der Waals surface area contributed by atoms with Crippen molar-refractivity contribution in [3.63, 3.8) is 0 Å². The van der Waals surface area contributed by atoms with Crippen molar-refractivity contribution in [3.05, 3.63) is 18.7 Å². The Hall–Kier alpha value is -1.85. The molecule has 1 saturated heterocycles. The molecule has 1 aromatic heterocycles. The third-order valence-electron chi connectivity index (χ3n) is 2.21. The first-order valence-corrected chi connectivity index (χ1v) is 4.70. The predicted molar refractivity (Wildman–Crippen MR) is 50.1 cm³/mol. The highest BCUT2D eigenvalue weighted by molar-refractivity contribution is 5.78. The summed E-state index contributed by atoms with van der Waals surface area (Å²) >= 11 is 0. The molecule has 0 aromatic carbocycles. The minimum atomic E-state index is -0.478. The van der Waals surface area contributed by atoms with E-state index in [1.165, 1.54) is 23.3 Å². The standard InChI is InChI=1S/C9H11N3O3/c13-8-2-1-7(11-8)5-15-9(14)12-4-3-10-6-12/h3-4,6-7H,1-2,5H2,(H,11,13). The van der Waals surface area contributed by atoms with Crippen molar-refractivity contribution in [2.75, 3.05) is 6.61 Å². The summed E-state index contributed by atoms with van der Waals surface area (Å²) in [6.45, 7) is 0.211. The summed E-state index contributed by atoms with van der Waals surface area (Å²) in [5, 5.41) is 2.71. The van der Waals surface area contributed by atoms with E-state index in [1.54, 1.807) is 0 Å². The first kappa shape index (κ1) is 9.70. The van der Waals surface area contributed by atoms with Gasteiger partial charge in [0.25, 0.3) is 0 Å². The van der Waals surface area contributed by atoms with Gasteiger partial charge < -0.3 is 10.1 Å². The summed E-state index contributed by atoms with van der Waals surface area (Å²) in [5.74, 6) is 0.0127. The summed E-state index contributed by atoms with van der Waals surface area (Å²) in [4.78, 5) is 25.9. The number of aromatic nitrogens is 2. The van der Waals surface area contributed by atoms with E-state index in [0.717, 1.165) is 6.42 Å². The van der Waals surface area contributed by atoms with E-state index in [1.807, 2.05) is 0 Å². The number of rotatable bonds is 2. The Morgan fingerprint density at radius 1 is 1.73 bits per heavy atom. The molecule has 6 heteroatoms. The van der Waals surface area contributed by atoms with E-state index in [9.17, 15) is 9.59 Å². The van der Waals surface area contributed by atoms with Crippen LogP contribution in [0.5, 0.6) is 0 Å². The topological polar surface area (TPSA) is 73.2 Å². The Bertz CT molecular complexity index is 361. The van der Waals surface area contributed by atoms with E-state index in [-0.39, 0.29) is 18.6 Å². The Morgan fingerprint density at radius 2 is 2.60 bits per heavy atom. The molecule has 1 N–H and O–H groups in total. The molecule has 0 bridgehead atoms. The first-order chi connectivity index (χ1) is 7.25. The van der Waals surface area contributed by atoms with Gasteiger partial charge in [-0.2, -0.15) is 0 Å². The van der Waals surface area contributed by atoms with Gasteiger partial charge in [0.15, 0.2) is 0 Å². The molecule has 0 aliphatic carbocycles. The van der Waals surface area contributed by atoms with Gasteiger partial charge in [0, 0.05) is 18.8 Å². The molecule has 0 spiro atoms. The van der Waals surface area contributed by atoms with Crippen LogP contribution in [0.15, 0.2) is 18.7 Å². The van der Waals surface area contributed by atoms with Crippen LogP contribution in [-0.2, 0) is 9.53 Å². The second-order valence-corrected chi connectivity index (χ2v) is 3.35. The lowest BCUT2D eigenvalue weighted by Crippen LogP contribution is -2.31.